The van der Waals surface area contributed by atoms with Crippen molar-refractivity contribution in [3.63, 3.8) is 0 Å². The Morgan fingerprint density at radius 2 is 2.11 bits per heavy atom. The minimum atomic E-state index is -0.421. The second-order valence-corrected chi connectivity index (χ2v) is 6.34. The van der Waals surface area contributed by atoms with E-state index >= 15 is 0 Å². The Kier molecular flexibility index (Phi) is 6.38. The topological polar surface area (TPSA) is 118 Å². The minimum absolute atomic E-state index is 0.271. The molecule has 0 saturated carbocycles. The average Bonchev–Trinajstić information content (AvgIpc) is 2.69. The van der Waals surface area contributed by atoms with E-state index in [1.54, 1.807) is 20.0 Å². The zero-order chi connectivity index (χ0) is 19.9. The summed E-state index contributed by atoms with van der Waals surface area (Å²) >= 11 is 0. The molecule has 0 radical (unpaired) electrons. The van der Waals surface area contributed by atoms with Crippen molar-refractivity contribution in [1.29, 1.82) is 0 Å². The second-order valence-electron chi connectivity index (χ2n) is 6.34. The standard InChI is InChI=1S/C19H25N7O2/c1-3-28-17(27)10-13(2)15-12-23-19(25-18(15)20)24-16-5-4-14(11-22-16)26-8-6-21-7-9-26/h4-5,10-12,21H,3,6-9H2,1-2H3,(H3,20,22,23,24,25)/b13-10+. The highest BCUT2D eigenvalue weighted by molar-refractivity contribution is 5.92. The third-order valence-electron chi connectivity index (χ3n) is 4.33. The summed E-state index contributed by atoms with van der Waals surface area (Å²) in [5.41, 5.74) is 8.34. The highest BCUT2D eigenvalue weighted by atomic mass is 16.5. The number of pyridine rings is 1. The highest BCUT2D eigenvalue weighted by Gasteiger charge is 2.12. The molecule has 9 nitrogen and oxygen atoms in total. The number of ether oxygens (including phenoxy) is 1. The molecular weight excluding hydrogens is 358 g/mol. The number of nitrogens with two attached hydrogens (primary N) is 1. The number of anilines is 4. The van der Waals surface area contributed by atoms with Crippen LogP contribution in [0.25, 0.3) is 5.57 Å². The van der Waals surface area contributed by atoms with Crippen LogP contribution < -0.4 is 21.3 Å². The number of carbonyl (C=O) groups is 1. The first-order valence-electron chi connectivity index (χ1n) is 9.23. The van der Waals surface area contributed by atoms with Gasteiger partial charge in [-0.25, -0.2) is 14.8 Å². The Morgan fingerprint density at radius 3 is 2.75 bits per heavy atom. The molecule has 148 valence electrons. The lowest BCUT2D eigenvalue weighted by Crippen LogP contribution is -2.43. The van der Waals surface area contributed by atoms with E-state index in [-0.39, 0.29) is 5.82 Å². The Hall–Kier alpha value is -3.20. The van der Waals surface area contributed by atoms with Crippen LogP contribution in [0.3, 0.4) is 0 Å². The van der Waals surface area contributed by atoms with E-state index in [0.717, 1.165) is 31.9 Å². The lowest BCUT2D eigenvalue weighted by Gasteiger charge is -2.29. The number of piperazine rings is 1. The molecule has 28 heavy (non-hydrogen) atoms. The molecule has 1 fully saturated rings. The van der Waals surface area contributed by atoms with Gasteiger partial charge in [0, 0.05) is 44.0 Å². The summed E-state index contributed by atoms with van der Waals surface area (Å²) < 4.78 is 4.91. The fourth-order valence-corrected chi connectivity index (χ4v) is 2.88. The molecule has 0 amide bonds. The number of carbonyl (C=O) groups excluding carboxylic acids is 1. The molecule has 1 saturated heterocycles. The number of nitrogens with one attached hydrogen (secondary N) is 2. The molecular formula is C19H25N7O2. The number of aromatic nitrogens is 3. The number of allylic oxidation sites excluding steroid dienone is 1. The van der Waals surface area contributed by atoms with Crippen molar-refractivity contribution in [2.24, 2.45) is 0 Å². The molecule has 1 aliphatic rings. The quantitative estimate of drug-likeness (QED) is 0.504. The van der Waals surface area contributed by atoms with Gasteiger partial charge in [-0.15, -0.1) is 0 Å². The first-order valence-corrected chi connectivity index (χ1v) is 9.23. The van der Waals surface area contributed by atoms with Crippen molar-refractivity contribution in [2.45, 2.75) is 13.8 Å². The SMILES string of the molecule is CCOC(=O)/C=C(\C)c1cnc(Nc2ccc(N3CCNCC3)cn2)nc1N. The number of nitrogens with zero attached hydrogens (tertiary/aromatic N) is 4. The van der Waals surface area contributed by atoms with Gasteiger partial charge in [0.15, 0.2) is 0 Å². The van der Waals surface area contributed by atoms with Gasteiger partial charge in [-0.05, 0) is 31.6 Å². The smallest absolute Gasteiger partial charge is 0.331 e. The number of hydrogen-bond donors (Lipinski definition) is 3. The molecule has 0 bridgehead atoms. The van der Waals surface area contributed by atoms with Crippen molar-refractivity contribution in [3.8, 4) is 0 Å². The van der Waals surface area contributed by atoms with Gasteiger partial charge in [0.25, 0.3) is 0 Å². The van der Waals surface area contributed by atoms with Gasteiger partial charge >= 0.3 is 5.97 Å². The summed E-state index contributed by atoms with van der Waals surface area (Å²) in [4.78, 5) is 26.8. The Balaban J connectivity index is 1.68. The van der Waals surface area contributed by atoms with Crippen LogP contribution in [0.15, 0.2) is 30.6 Å². The summed E-state index contributed by atoms with van der Waals surface area (Å²) in [6.45, 7) is 7.71. The van der Waals surface area contributed by atoms with E-state index in [1.807, 2.05) is 18.3 Å². The molecule has 2 aromatic heterocycles. The monoisotopic (exact) mass is 383 g/mol. The number of esters is 1. The summed E-state index contributed by atoms with van der Waals surface area (Å²) in [6, 6.07) is 3.90. The molecule has 1 aliphatic heterocycles. The molecule has 4 N–H and O–H groups in total. The second kappa shape index (κ2) is 9.14. The van der Waals surface area contributed by atoms with Gasteiger partial charge in [-0.3, -0.25) is 0 Å². The average molecular weight is 383 g/mol. The van der Waals surface area contributed by atoms with Crippen LogP contribution in [-0.2, 0) is 9.53 Å². The number of nitrogen functional groups attached to an aromatic ring is 1. The van der Waals surface area contributed by atoms with E-state index in [4.69, 9.17) is 10.5 Å². The summed E-state index contributed by atoms with van der Waals surface area (Å²) in [5, 5.41) is 6.38. The van der Waals surface area contributed by atoms with Crippen molar-refractivity contribution in [2.75, 3.05) is 48.7 Å². The molecule has 0 atom stereocenters. The third-order valence-corrected chi connectivity index (χ3v) is 4.33. The molecule has 2 aromatic rings. The molecule has 0 aromatic carbocycles. The first-order chi connectivity index (χ1) is 13.6. The van der Waals surface area contributed by atoms with Crippen LogP contribution >= 0.6 is 0 Å². The largest absolute Gasteiger partial charge is 0.463 e. The van der Waals surface area contributed by atoms with Gasteiger partial charge < -0.3 is 26.0 Å². The zero-order valence-corrected chi connectivity index (χ0v) is 16.1. The van der Waals surface area contributed by atoms with Gasteiger partial charge in [0.05, 0.1) is 18.5 Å². The maximum absolute atomic E-state index is 11.6. The van der Waals surface area contributed by atoms with E-state index in [2.05, 4.69) is 30.5 Å². The molecule has 0 unspecified atom stereocenters. The lowest BCUT2D eigenvalue weighted by molar-refractivity contribution is -0.137. The lowest BCUT2D eigenvalue weighted by atomic mass is 10.1. The van der Waals surface area contributed by atoms with Crippen LogP contribution in [0.5, 0.6) is 0 Å². The molecule has 9 heteroatoms. The molecule has 3 heterocycles. The molecule has 0 aliphatic carbocycles. The summed E-state index contributed by atoms with van der Waals surface area (Å²) in [5.74, 6) is 0.820. The number of rotatable bonds is 6. The van der Waals surface area contributed by atoms with E-state index in [1.165, 1.54) is 6.08 Å². The summed E-state index contributed by atoms with van der Waals surface area (Å²) in [7, 11) is 0. The first kappa shape index (κ1) is 19.6. The normalized spacial score (nSPS) is 14.6. The fourth-order valence-electron chi connectivity index (χ4n) is 2.88. The predicted octanol–water partition coefficient (Wildman–Crippen LogP) is 1.57. The summed E-state index contributed by atoms with van der Waals surface area (Å²) in [6.07, 6.45) is 4.78. The fraction of sp³-hybridized carbons (Fsp3) is 0.368. The van der Waals surface area contributed by atoms with Crippen LogP contribution in [0.4, 0.5) is 23.3 Å². The molecule has 0 spiro atoms. The number of hydrogen-bond acceptors (Lipinski definition) is 9. The van der Waals surface area contributed by atoms with Gasteiger partial charge in [-0.1, -0.05) is 0 Å². The van der Waals surface area contributed by atoms with Gasteiger partial charge in [-0.2, -0.15) is 4.98 Å². The maximum atomic E-state index is 11.6. The van der Waals surface area contributed by atoms with E-state index < -0.39 is 5.97 Å². The van der Waals surface area contributed by atoms with Crippen LogP contribution in [0, 0.1) is 0 Å². The molecule has 3 rings (SSSR count). The van der Waals surface area contributed by atoms with Crippen LogP contribution in [-0.4, -0.2) is 53.7 Å². The Morgan fingerprint density at radius 1 is 1.32 bits per heavy atom. The van der Waals surface area contributed by atoms with Crippen LogP contribution in [0.2, 0.25) is 0 Å². The Bertz CT molecular complexity index is 846. The highest BCUT2D eigenvalue weighted by Crippen LogP contribution is 2.22. The minimum Gasteiger partial charge on any atom is -0.463 e. The van der Waals surface area contributed by atoms with Crippen molar-refractivity contribution >= 4 is 34.8 Å². The van der Waals surface area contributed by atoms with Crippen molar-refractivity contribution in [1.82, 2.24) is 20.3 Å². The predicted molar refractivity (Wildman–Crippen MR) is 109 cm³/mol. The zero-order valence-electron chi connectivity index (χ0n) is 16.1. The van der Waals surface area contributed by atoms with Crippen molar-refractivity contribution < 1.29 is 9.53 Å². The maximum Gasteiger partial charge on any atom is 0.331 e. The third kappa shape index (κ3) is 4.95. The van der Waals surface area contributed by atoms with Crippen molar-refractivity contribution in [3.05, 3.63) is 36.2 Å². The van der Waals surface area contributed by atoms with E-state index in [0.29, 0.717) is 29.5 Å². The van der Waals surface area contributed by atoms with E-state index in [9.17, 15) is 4.79 Å². The van der Waals surface area contributed by atoms with Crippen LogP contribution in [0.1, 0.15) is 19.4 Å². The Labute approximate surface area is 164 Å². The van der Waals surface area contributed by atoms with Gasteiger partial charge in [0.2, 0.25) is 5.95 Å². The van der Waals surface area contributed by atoms with Gasteiger partial charge in [0.1, 0.15) is 11.6 Å².